The number of unbranched alkanes of at least 4 members (excludes halogenated alkanes) is 2. The Hall–Kier alpha value is -1.71. The summed E-state index contributed by atoms with van der Waals surface area (Å²) >= 11 is 0. The van der Waals surface area contributed by atoms with Gasteiger partial charge in [0.05, 0.1) is 19.9 Å². The van der Waals surface area contributed by atoms with Gasteiger partial charge in [-0.2, -0.15) is 0 Å². The monoisotopic (exact) mass is 237 g/mol. The van der Waals surface area contributed by atoms with Crippen molar-refractivity contribution in [3.63, 3.8) is 0 Å². The van der Waals surface area contributed by atoms with Crippen LogP contribution in [0.15, 0.2) is 23.4 Å². The van der Waals surface area contributed by atoms with Crippen LogP contribution in [0.4, 0.5) is 0 Å². The summed E-state index contributed by atoms with van der Waals surface area (Å²) in [5, 5.41) is 11.4. The standard InChI is InChI=1S/C13H19NO3/c1-3-4-5-8-17-12-7-6-11(10-14-15)9-13(12)16-2/h6-7,9-10,15H,3-5,8H2,1-2H3/b14-10-. The van der Waals surface area contributed by atoms with Crippen LogP contribution < -0.4 is 9.47 Å². The average molecular weight is 237 g/mol. The normalized spacial score (nSPS) is 10.7. The lowest BCUT2D eigenvalue weighted by molar-refractivity contribution is 0.286. The summed E-state index contributed by atoms with van der Waals surface area (Å²) in [6, 6.07) is 5.41. The molecule has 0 aromatic heterocycles. The summed E-state index contributed by atoms with van der Waals surface area (Å²) in [6.45, 7) is 2.85. The van der Waals surface area contributed by atoms with E-state index in [1.807, 2.05) is 12.1 Å². The zero-order chi connectivity index (χ0) is 12.5. The Balaban J connectivity index is 2.64. The van der Waals surface area contributed by atoms with E-state index in [9.17, 15) is 0 Å². The summed E-state index contributed by atoms with van der Waals surface area (Å²) in [6.07, 6.45) is 4.73. The lowest BCUT2D eigenvalue weighted by atomic mass is 10.2. The Bertz CT molecular complexity index is 364. The Morgan fingerprint density at radius 3 is 2.76 bits per heavy atom. The molecular formula is C13H19NO3. The molecule has 0 amide bonds. The molecule has 0 saturated heterocycles. The minimum atomic E-state index is 0.652. The maximum Gasteiger partial charge on any atom is 0.161 e. The van der Waals surface area contributed by atoms with E-state index in [4.69, 9.17) is 14.7 Å². The molecule has 0 spiro atoms. The maximum atomic E-state index is 8.45. The predicted molar refractivity (Wildman–Crippen MR) is 67.4 cm³/mol. The topological polar surface area (TPSA) is 51.0 Å². The van der Waals surface area contributed by atoms with Crippen molar-refractivity contribution in [2.24, 2.45) is 5.16 Å². The molecule has 0 bridgehead atoms. The number of rotatable bonds is 7. The van der Waals surface area contributed by atoms with Crippen LogP contribution >= 0.6 is 0 Å². The van der Waals surface area contributed by atoms with Crippen molar-refractivity contribution >= 4 is 6.21 Å². The van der Waals surface area contributed by atoms with Crippen LogP contribution in [0, 0.1) is 0 Å². The molecule has 0 radical (unpaired) electrons. The lowest BCUT2D eigenvalue weighted by Gasteiger charge is -2.10. The quantitative estimate of drug-likeness (QED) is 0.343. The van der Waals surface area contributed by atoms with Crippen LogP contribution in [-0.4, -0.2) is 25.1 Å². The molecule has 17 heavy (non-hydrogen) atoms. The number of oxime groups is 1. The third-order valence-corrected chi connectivity index (χ3v) is 2.40. The van der Waals surface area contributed by atoms with Crippen molar-refractivity contribution in [2.45, 2.75) is 26.2 Å². The Kier molecular flexibility index (Phi) is 5.93. The molecule has 0 aliphatic carbocycles. The summed E-state index contributed by atoms with van der Waals surface area (Å²) in [7, 11) is 1.59. The maximum absolute atomic E-state index is 8.45. The van der Waals surface area contributed by atoms with E-state index in [-0.39, 0.29) is 0 Å². The van der Waals surface area contributed by atoms with Gasteiger partial charge in [0, 0.05) is 5.56 Å². The van der Waals surface area contributed by atoms with Gasteiger partial charge in [0.1, 0.15) is 0 Å². The van der Waals surface area contributed by atoms with Crippen LogP contribution in [-0.2, 0) is 0 Å². The van der Waals surface area contributed by atoms with Crippen molar-refractivity contribution < 1.29 is 14.7 Å². The number of benzene rings is 1. The van der Waals surface area contributed by atoms with Gasteiger partial charge in [-0.25, -0.2) is 0 Å². The molecule has 0 aliphatic rings. The van der Waals surface area contributed by atoms with E-state index in [2.05, 4.69) is 12.1 Å². The zero-order valence-corrected chi connectivity index (χ0v) is 10.3. The molecule has 0 fully saturated rings. The second kappa shape index (κ2) is 7.54. The second-order valence-corrected chi connectivity index (χ2v) is 3.71. The van der Waals surface area contributed by atoms with E-state index >= 15 is 0 Å². The molecule has 0 heterocycles. The zero-order valence-electron chi connectivity index (χ0n) is 10.3. The number of methoxy groups -OCH3 is 1. The van der Waals surface area contributed by atoms with Gasteiger partial charge in [-0.3, -0.25) is 0 Å². The van der Waals surface area contributed by atoms with Gasteiger partial charge in [0.2, 0.25) is 0 Å². The lowest BCUT2D eigenvalue weighted by Crippen LogP contribution is -1.99. The van der Waals surface area contributed by atoms with Crippen molar-refractivity contribution in [1.29, 1.82) is 0 Å². The summed E-state index contributed by atoms with van der Waals surface area (Å²) in [4.78, 5) is 0. The molecular weight excluding hydrogens is 218 g/mol. The highest BCUT2D eigenvalue weighted by molar-refractivity contribution is 5.80. The van der Waals surface area contributed by atoms with E-state index < -0.39 is 0 Å². The smallest absolute Gasteiger partial charge is 0.161 e. The highest BCUT2D eigenvalue weighted by atomic mass is 16.5. The molecule has 4 nitrogen and oxygen atoms in total. The first-order chi connectivity index (χ1) is 8.31. The highest BCUT2D eigenvalue weighted by Gasteiger charge is 2.04. The molecule has 0 aliphatic heterocycles. The first-order valence-electron chi connectivity index (χ1n) is 5.80. The van der Waals surface area contributed by atoms with E-state index in [1.54, 1.807) is 13.2 Å². The van der Waals surface area contributed by atoms with Gasteiger partial charge in [-0.05, 0) is 24.6 Å². The molecule has 1 rings (SSSR count). The van der Waals surface area contributed by atoms with Crippen LogP contribution in [0.2, 0.25) is 0 Å². The van der Waals surface area contributed by atoms with Crippen LogP contribution in [0.3, 0.4) is 0 Å². The average Bonchev–Trinajstić information content (AvgIpc) is 2.36. The van der Waals surface area contributed by atoms with E-state index in [1.165, 1.54) is 12.6 Å². The van der Waals surface area contributed by atoms with Crippen LogP contribution in [0.1, 0.15) is 31.7 Å². The molecule has 1 aromatic carbocycles. The van der Waals surface area contributed by atoms with Crippen molar-refractivity contribution in [2.75, 3.05) is 13.7 Å². The highest BCUT2D eigenvalue weighted by Crippen LogP contribution is 2.27. The Labute approximate surface area is 102 Å². The van der Waals surface area contributed by atoms with Crippen molar-refractivity contribution in [3.8, 4) is 11.5 Å². The molecule has 0 saturated carbocycles. The van der Waals surface area contributed by atoms with Crippen molar-refractivity contribution in [3.05, 3.63) is 23.8 Å². The molecule has 4 heteroatoms. The number of hydrogen-bond donors (Lipinski definition) is 1. The fourth-order valence-corrected chi connectivity index (χ4v) is 1.48. The molecule has 1 N–H and O–H groups in total. The Morgan fingerprint density at radius 1 is 1.29 bits per heavy atom. The van der Waals surface area contributed by atoms with Crippen LogP contribution in [0.25, 0.3) is 0 Å². The van der Waals surface area contributed by atoms with E-state index in [0.717, 1.165) is 24.2 Å². The third kappa shape index (κ3) is 4.34. The molecule has 0 atom stereocenters. The summed E-state index contributed by atoms with van der Waals surface area (Å²) in [5.74, 6) is 1.37. The first kappa shape index (κ1) is 13.4. The van der Waals surface area contributed by atoms with Gasteiger partial charge in [0.25, 0.3) is 0 Å². The number of nitrogens with zero attached hydrogens (tertiary/aromatic N) is 1. The minimum absolute atomic E-state index is 0.652. The predicted octanol–water partition coefficient (Wildman–Crippen LogP) is 3.07. The van der Waals surface area contributed by atoms with Gasteiger partial charge in [-0.1, -0.05) is 24.9 Å². The fourth-order valence-electron chi connectivity index (χ4n) is 1.48. The van der Waals surface area contributed by atoms with Crippen molar-refractivity contribution in [1.82, 2.24) is 0 Å². The molecule has 94 valence electrons. The Morgan fingerprint density at radius 2 is 2.12 bits per heavy atom. The van der Waals surface area contributed by atoms with Gasteiger partial charge in [-0.15, -0.1) is 0 Å². The SMILES string of the molecule is CCCCCOc1ccc(/C=N\O)cc1OC. The van der Waals surface area contributed by atoms with Crippen LogP contribution in [0.5, 0.6) is 11.5 Å². The largest absolute Gasteiger partial charge is 0.493 e. The van der Waals surface area contributed by atoms with Gasteiger partial charge >= 0.3 is 0 Å². The van der Waals surface area contributed by atoms with E-state index in [0.29, 0.717) is 12.4 Å². The second-order valence-electron chi connectivity index (χ2n) is 3.71. The van der Waals surface area contributed by atoms with Gasteiger partial charge in [0.15, 0.2) is 11.5 Å². The number of ether oxygens (including phenoxy) is 2. The fraction of sp³-hybridized carbons (Fsp3) is 0.462. The summed E-state index contributed by atoms with van der Waals surface area (Å²) in [5.41, 5.74) is 0.769. The minimum Gasteiger partial charge on any atom is -0.493 e. The van der Waals surface area contributed by atoms with Gasteiger partial charge < -0.3 is 14.7 Å². The molecule has 1 aromatic rings. The number of hydrogen-bond acceptors (Lipinski definition) is 4. The first-order valence-corrected chi connectivity index (χ1v) is 5.80. The molecule has 0 unspecified atom stereocenters. The summed E-state index contributed by atoms with van der Waals surface area (Å²) < 4.78 is 10.9. The third-order valence-electron chi connectivity index (χ3n) is 2.40.